The number of benzene rings is 1. The Morgan fingerprint density at radius 1 is 1.21 bits per heavy atom. The number of nitrogens with zero attached hydrogens (tertiary/aromatic N) is 2. The first kappa shape index (κ1) is 24.5. The highest BCUT2D eigenvalue weighted by Gasteiger charge is 2.44. The predicted molar refractivity (Wildman–Crippen MR) is 131 cm³/mol. The van der Waals surface area contributed by atoms with Gasteiger partial charge in [0.1, 0.15) is 5.82 Å². The van der Waals surface area contributed by atoms with Crippen molar-refractivity contribution >= 4 is 35.0 Å². The fourth-order valence-corrected chi connectivity index (χ4v) is 4.62. The van der Waals surface area contributed by atoms with Gasteiger partial charge in [0, 0.05) is 37.0 Å². The smallest absolute Gasteiger partial charge is 0.258 e. The number of alkyl halides is 2. The van der Waals surface area contributed by atoms with Crippen molar-refractivity contribution in [1.29, 1.82) is 0 Å². The molecule has 1 saturated carbocycles. The molecule has 1 spiro atoms. The summed E-state index contributed by atoms with van der Waals surface area (Å²) >= 11 is 1.41. The zero-order valence-corrected chi connectivity index (χ0v) is 19.8. The van der Waals surface area contributed by atoms with Crippen LogP contribution in [0.5, 0.6) is 5.88 Å². The first-order valence-electron chi connectivity index (χ1n) is 11.6. The Bertz CT molecular complexity index is 980. The predicted octanol–water partition coefficient (Wildman–Crippen LogP) is 4.80. The number of hydrogen-bond donors (Lipinski definition) is 3. The van der Waals surface area contributed by atoms with Crippen molar-refractivity contribution in [3.63, 3.8) is 0 Å². The molecule has 2 aromatic rings. The maximum absolute atomic E-state index is 13.2. The number of hydrogen-bond acceptors (Lipinski definition) is 7. The van der Waals surface area contributed by atoms with Gasteiger partial charge in [0.2, 0.25) is 12.3 Å². The van der Waals surface area contributed by atoms with Gasteiger partial charge in [0.25, 0.3) is 5.91 Å². The Kier molecular flexibility index (Phi) is 8.10. The third kappa shape index (κ3) is 6.50. The molecule has 0 bridgehead atoms. The molecule has 2 fully saturated rings. The summed E-state index contributed by atoms with van der Waals surface area (Å²) < 4.78 is 33.2. The van der Waals surface area contributed by atoms with Crippen molar-refractivity contribution in [3.8, 4) is 5.88 Å². The summed E-state index contributed by atoms with van der Waals surface area (Å²) in [5.41, 5.74) is 2.77. The molecule has 1 amide bonds. The SMILES string of the molecule is O=C(Nc1cccc(OCCC(F)F)n1)c1ccc(NSCCO)cc1N1CCC2(CC1)CC2. The van der Waals surface area contributed by atoms with Crippen LogP contribution in [0.2, 0.25) is 0 Å². The van der Waals surface area contributed by atoms with E-state index in [2.05, 4.69) is 19.9 Å². The number of ether oxygens (including phenoxy) is 1. The average Bonchev–Trinajstić information content (AvgIpc) is 3.58. The number of pyridine rings is 1. The minimum Gasteiger partial charge on any atom is -0.477 e. The van der Waals surface area contributed by atoms with E-state index in [9.17, 15) is 13.6 Å². The Balaban J connectivity index is 1.48. The van der Waals surface area contributed by atoms with E-state index >= 15 is 0 Å². The second-order valence-corrected chi connectivity index (χ2v) is 9.64. The minimum atomic E-state index is -2.44. The quantitative estimate of drug-likeness (QED) is 0.307. The number of rotatable bonds is 11. The molecule has 4 rings (SSSR count). The molecule has 1 saturated heterocycles. The molecule has 34 heavy (non-hydrogen) atoms. The standard InChI is InChI=1S/C24H30F2N4O3S/c25-20(26)6-14-33-22-3-1-2-21(27-22)28-23(32)18-5-4-17(29-34-15-13-31)16-19(18)30-11-9-24(7-8-24)10-12-30/h1-5,16,20,29,31H,6-15H2,(H,27,28,32). The van der Waals surface area contributed by atoms with Crippen molar-refractivity contribution in [2.75, 3.05) is 47.0 Å². The second-order valence-electron chi connectivity index (χ2n) is 8.74. The first-order chi connectivity index (χ1) is 16.5. The fourth-order valence-electron chi connectivity index (χ4n) is 4.13. The lowest BCUT2D eigenvalue weighted by atomic mass is 9.93. The number of halogens is 2. The number of carbonyl (C=O) groups excluding carboxylic acids is 1. The second kappa shape index (κ2) is 11.2. The molecular formula is C24H30F2N4O3S. The van der Waals surface area contributed by atoms with E-state index in [0.717, 1.165) is 37.3 Å². The van der Waals surface area contributed by atoms with Crippen LogP contribution < -0.4 is 19.7 Å². The summed E-state index contributed by atoms with van der Waals surface area (Å²) in [6, 6.07) is 10.5. The van der Waals surface area contributed by atoms with Gasteiger partial charge >= 0.3 is 0 Å². The number of aliphatic hydroxyl groups excluding tert-OH is 1. The van der Waals surface area contributed by atoms with Crippen LogP contribution in [0.25, 0.3) is 0 Å². The Labute approximate surface area is 202 Å². The van der Waals surface area contributed by atoms with Crippen molar-refractivity contribution < 1.29 is 23.4 Å². The van der Waals surface area contributed by atoms with E-state index in [1.165, 1.54) is 24.8 Å². The van der Waals surface area contributed by atoms with E-state index in [4.69, 9.17) is 9.84 Å². The highest BCUT2D eigenvalue weighted by atomic mass is 32.2. The van der Waals surface area contributed by atoms with Gasteiger partial charge in [-0.05, 0) is 55.4 Å². The Morgan fingerprint density at radius 2 is 2.00 bits per heavy atom. The Hall–Kier alpha value is -2.59. The molecule has 1 aliphatic heterocycles. The monoisotopic (exact) mass is 492 g/mol. The summed E-state index contributed by atoms with van der Waals surface area (Å²) in [4.78, 5) is 19.7. The van der Waals surface area contributed by atoms with Crippen molar-refractivity contribution in [2.45, 2.75) is 38.5 Å². The molecule has 3 N–H and O–H groups in total. The number of aliphatic hydroxyl groups is 1. The van der Waals surface area contributed by atoms with Gasteiger partial charge in [0.05, 0.1) is 24.5 Å². The summed E-state index contributed by atoms with van der Waals surface area (Å²) in [5, 5.41) is 11.9. The topological polar surface area (TPSA) is 86.7 Å². The molecule has 2 aliphatic rings. The van der Waals surface area contributed by atoms with Gasteiger partial charge in [-0.2, -0.15) is 4.98 Å². The van der Waals surface area contributed by atoms with Gasteiger partial charge < -0.3 is 24.8 Å². The van der Waals surface area contributed by atoms with E-state index in [-0.39, 0.29) is 31.4 Å². The number of carbonyl (C=O) groups is 1. The van der Waals surface area contributed by atoms with E-state index in [1.54, 1.807) is 24.3 Å². The van der Waals surface area contributed by atoms with Crippen LogP contribution in [0.1, 0.15) is 42.5 Å². The van der Waals surface area contributed by atoms with E-state index in [1.807, 2.05) is 12.1 Å². The van der Waals surface area contributed by atoms with Crippen LogP contribution in [0.3, 0.4) is 0 Å². The Morgan fingerprint density at radius 3 is 2.71 bits per heavy atom. The molecule has 0 unspecified atom stereocenters. The van der Waals surface area contributed by atoms with Gasteiger partial charge in [-0.25, -0.2) is 8.78 Å². The number of aromatic nitrogens is 1. The molecule has 10 heteroatoms. The summed E-state index contributed by atoms with van der Waals surface area (Å²) in [7, 11) is 0. The number of amides is 1. The molecule has 0 radical (unpaired) electrons. The van der Waals surface area contributed by atoms with Crippen molar-refractivity contribution in [2.24, 2.45) is 5.41 Å². The van der Waals surface area contributed by atoms with E-state index < -0.39 is 6.43 Å². The maximum atomic E-state index is 13.2. The van der Waals surface area contributed by atoms with Crippen molar-refractivity contribution in [1.82, 2.24) is 4.98 Å². The zero-order valence-electron chi connectivity index (χ0n) is 18.9. The third-order valence-electron chi connectivity index (χ3n) is 6.30. The highest BCUT2D eigenvalue weighted by Crippen LogP contribution is 2.54. The summed E-state index contributed by atoms with van der Waals surface area (Å²) in [6.07, 6.45) is 2.04. The molecular weight excluding hydrogens is 462 g/mol. The molecule has 184 valence electrons. The first-order valence-corrected chi connectivity index (χ1v) is 12.5. The zero-order chi connectivity index (χ0) is 24.0. The molecule has 0 atom stereocenters. The van der Waals surface area contributed by atoms with E-state index in [0.29, 0.717) is 22.5 Å². The lowest BCUT2D eigenvalue weighted by molar-refractivity contribution is 0.102. The highest BCUT2D eigenvalue weighted by molar-refractivity contribution is 8.00. The van der Waals surface area contributed by atoms with Crippen LogP contribution >= 0.6 is 11.9 Å². The number of anilines is 3. The van der Waals surface area contributed by atoms with Crippen LogP contribution in [-0.4, -0.2) is 54.5 Å². The van der Waals surface area contributed by atoms with Crippen LogP contribution in [-0.2, 0) is 0 Å². The largest absolute Gasteiger partial charge is 0.477 e. The molecule has 1 aliphatic carbocycles. The summed E-state index contributed by atoms with van der Waals surface area (Å²) in [5.74, 6) is 0.741. The third-order valence-corrected chi connectivity index (χ3v) is 7.07. The van der Waals surface area contributed by atoms with Gasteiger partial charge in [0.15, 0.2) is 0 Å². The van der Waals surface area contributed by atoms with Crippen molar-refractivity contribution in [3.05, 3.63) is 42.0 Å². The molecule has 7 nitrogen and oxygen atoms in total. The number of nitrogens with one attached hydrogen (secondary N) is 2. The maximum Gasteiger partial charge on any atom is 0.258 e. The van der Waals surface area contributed by atoms with Gasteiger partial charge in [-0.15, -0.1) is 0 Å². The normalized spacial score (nSPS) is 16.5. The van der Waals surface area contributed by atoms with Crippen LogP contribution in [0.4, 0.5) is 26.0 Å². The summed E-state index contributed by atoms with van der Waals surface area (Å²) in [6.45, 7) is 1.74. The fraction of sp³-hybridized carbons (Fsp3) is 0.500. The molecule has 1 aromatic carbocycles. The lowest BCUT2D eigenvalue weighted by Gasteiger charge is -2.35. The number of piperidine rings is 1. The van der Waals surface area contributed by atoms with Crippen LogP contribution in [0, 0.1) is 5.41 Å². The molecule has 2 heterocycles. The van der Waals surface area contributed by atoms with Gasteiger partial charge in [-0.1, -0.05) is 18.0 Å². The van der Waals surface area contributed by atoms with Crippen LogP contribution in [0.15, 0.2) is 36.4 Å². The lowest BCUT2D eigenvalue weighted by Crippen LogP contribution is -2.35. The minimum absolute atomic E-state index is 0.0805. The van der Waals surface area contributed by atoms with Gasteiger partial charge in [-0.3, -0.25) is 4.79 Å². The molecule has 1 aromatic heterocycles. The average molecular weight is 493 g/mol.